The molecular weight excluding hydrogens is 258 g/mol. The molecule has 1 heterocycles. The standard InChI is InChI=1S/C18H29N3/c1-5-14(4)12-15(19-6-2)13-18-20-16-10-8-9-11-17(16)21(18)7-3/h8-11,14-15,19H,5-7,12-13H2,1-4H3. The van der Waals surface area contributed by atoms with Gasteiger partial charge in [0.2, 0.25) is 0 Å². The van der Waals surface area contributed by atoms with Crippen molar-refractivity contribution in [2.45, 2.75) is 59.5 Å². The molecule has 0 bridgehead atoms. The molecule has 0 aliphatic rings. The highest BCUT2D eigenvalue weighted by Gasteiger charge is 2.16. The van der Waals surface area contributed by atoms with Crippen LogP contribution in [-0.2, 0) is 13.0 Å². The minimum atomic E-state index is 0.520. The SMILES string of the molecule is CCNC(Cc1nc2ccccc2n1CC)CC(C)CC. The molecule has 2 rings (SSSR count). The van der Waals surface area contributed by atoms with Crippen LogP contribution in [0.2, 0.25) is 0 Å². The summed E-state index contributed by atoms with van der Waals surface area (Å²) >= 11 is 0. The Hall–Kier alpha value is -1.35. The predicted octanol–water partition coefficient (Wildman–Crippen LogP) is 4.01. The molecule has 0 fully saturated rings. The van der Waals surface area contributed by atoms with Crippen molar-refractivity contribution in [3.05, 3.63) is 30.1 Å². The number of likely N-dealkylation sites (N-methyl/N-ethyl adjacent to an activating group) is 1. The maximum absolute atomic E-state index is 4.86. The van der Waals surface area contributed by atoms with Gasteiger partial charge in [0.25, 0.3) is 0 Å². The molecule has 0 saturated carbocycles. The lowest BCUT2D eigenvalue weighted by atomic mass is 9.97. The van der Waals surface area contributed by atoms with Crippen molar-refractivity contribution < 1.29 is 0 Å². The van der Waals surface area contributed by atoms with Crippen molar-refractivity contribution in [2.75, 3.05) is 6.54 Å². The van der Waals surface area contributed by atoms with Gasteiger partial charge in [-0.25, -0.2) is 4.98 Å². The number of imidazole rings is 1. The lowest BCUT2D eigenvalue weighted by molar-refractivity contribution is 0.390. The number of rotatable bonds is 8. The molecule has 0 aliphatic heterocycles. The fraction of sp³-hybridized carbons (Fsp3) is 0.611. The van der Waals surface area contributed by atoms with E-state index < -0.39 is 0 Å². The van der Waals surface area contributed by atoms with E-state index in [0.717, 1.165) is 30.9 Å². The van der Waals surface area contributed by atoms with Gasteiger partial charge in [0, 0.05) is 19.0 Å². The van der Waals surface area contributed by atoms with E-state index in [4.69, 9.17) is 4.98 Å². The monoisotopic (exact) mass is 287 g/mol. The fourth-order valence-electron chi connectivity index (χ4n) is 3.03. The second-order valence-electron chi connectivity index (χ2n) is 5.97. The average Bonchev–Trinajstić information content (AvgIpc) is 2.84. The van der Waals surface area contributed by atoms with Gasteiger partial charge in [0.05, 0.1) is 11.0 Å². The first-order chi connectivity index (χ1) is 10.2. The molecule has 0 amide bonds. The molecule has 1 N–H and O–H groups in total. The molecule has 3 nitrogen and oxygen atoms in total. The van der Waals surface area contributed by atoms with Gasteiger partial charge in [0.15, 0.2) is 0 Å². The summed E-state index contributed by atoms with van der Waals surface area (Å²) in [5.41, 5.74) is 2.38. The van der Waals surface area contributed by atoms with Gasteiger partial charge in [0.1, 0.15) is 5.82 Å². The van der Waals surface area contributed by atoms with Crippen LogP contribution in [-0.4, -0.2) is 22.1 Å². The number of para-hydroxylation sites is 2. The van der Waals surface area contributed by atoms with Gasteiger partial charge in [-0.05, 0) is 37.9 Å². The lowest BCUT2D eigenvalue weighted by Gasteiger charge is -2.21. The van der Waals surface area contributed by atoms with Crippen LogP contribution in [0.4, 0.5) is 0 Å². The molecule has 21 heavy (non-hydrogen) atoms. The molecule has 2 atom stereocenters. The topological polar surface area (TPSA) is 29.9 Å². The Bertz CT molecular complexity index is 559. The third-order valence-electron chi connectivity index (χ3n) is 4.36. The van der Waals surface area contributed by atoms with E-state index in [-0.39, 0.29) is 0 Å². The maximum atomic E-state index is 4.86. The highest BCUT2D eigenvalue weighted by molar-refractivity contribution is 5.75. The van der Waals surface area contributed by atoms with E-state index in [1.165, 1.54) is 24.2 Å². The summed E-state index contributed by atoms with van der Waals surface area (Å²) in [4.78, 5) is 4.86. The van der Waals surface area contributed by atoms with Crippen molar-refractivity contribution >= 4 is 11.0 Å². The zero-order valence-electron chi connectivity index (χ0n) is 13.9. The largest absolute Gasteiger partial charge is 0.328 e. The number of aromatic nitrogens is 2. The van der Waals surface area contributed by atoms with Gasteiger partial charge >= 0.3 is 0 Å². The molecule has 116 valence electrons. The molecule has 0 radical (unpaired) electrons. The minimum Gasteiger partial charge on any atom is -0.328 e. The summed E-state index contributed by atoms with van der Waals surface area (Å²) in [5.74, 6) is 1.97. The first kappa shape index (κ1) is 16.0. The quantitative estimate of drug-likeness (QED) is 0.795. The Morgan fingerprint density at radius 3 is 2.62 bits per heavy atom. The van der Waals surface area contributed by atoms with Gasteiger partial charge in [-0.2, -0.15) is 0 Å². The summed E-state index contributed by atoms with van der Waals surface area (Å²) in [6.07, 6.45) is 3.48. The predicted molar refractivity (Wildman–Crippen MR) is 90.6 cm³/mol. The first-order valence-corrected chi connectivity index (χ1v) is 8.37. The van der Waals surface area contributed by atoms with Crippen LogP contribution >= 0.6 is 0 Å². The van der Waals surface area contributed by atoms with Crippen LogP contribution in [0.15, 0.2) is 24.3 Å². The normalized spacial score (nSPS) is 14.5. The molecule has 3 heteroatoms. The van der Waals surface area contributed by atoms with Crippen molar-refractivity contribution in [1.82, 2.24) is 14.9 Å². The number of nitrogens with one attached hydrogen (secondary N) is 1. The highest BCUT2D eigenvalue weighted by Crippen LogP contribution is 2.19. The van der Waals surface area contributed by atoms with Gasteiger partial charge < -0.3 is 9.88 Å². The molecule has 0 saturated heterocycles. The Kier molecular flexibility index (Phi) is 5.80. The van der Waals surface area contributed by atoms with Crippen LogP contribution in [0.1, 0.15) is 46.4 Å². The molecule has 1 aromatic heterocycles. The molecule has 0 aliphatic carbocycles. The van der Waals surface area contributed by atoms with Crippen molar-refractivity contribution in [1.29, 1.82) is 0 Å². The zero-order chi connectivity index (χ0) is 15.2. The van der Waals surface area contributed by atoms with E-state index in [1.54, 1.807) is 0 Å². The number of nitrogens with zero attached hydrogens (tertiary/aromatic N) is 2. The van der Waals surface area contributed by atoms with Gasteiger partial charge in [-0.1, -0.05) is 39.3 Å². The van der Waals surface area contributed by atoms with Gasteiger partial charge in [-0.3, -0.25) is 0 Å². The third-order valence-corrected chi connectivity index (χ3v) is 4.36. The molecule has 0 spiro atoms. The second-order valence-corrected chi connectivity index (χ2v) is 5.97. The molecule has 2 aromatic rings. The fourth-order valence-corrected chi connectivity index (χ4v) is 3.03. The van der Waals surface area contributed by atoms with Crippen molar-refractivity contribution in [3.63, 3.8) is 0 Å². The Labute approximate surface area is 128 Å². The maximum Gasteiger partial charge on any atom is 0.111 e. The number of benzene rings is 1. The molecular formula is C18H29N3. The number of hydrogen-bond donors (Lipinski definition) is 1. The van der Waals surface area contributed by atoms with E-state index in [9.17, 15) is 0 Å². The summed E-state index contributed by atoms with van der Waals surface area (Å²) in [6, 6.07) is 8.97. The summed E-state index contributed by atoms with van der Waals surface area (Å²) < 4.78 is 2.36. The Balaban J connectivity index is 2.23. The Morgan fingerprint density at radius 1 is 1.19 bits per heavy atom. The lowest BCUT2D eigenvalue weighted by Crippen LogP contribution is -2.33. The van der Waals surface area contributed by atoms with Gasteiger partial charge in [-0.15, -0.1) is 0 Å². The summed E-state index contributed by atoms with van der Waals surface area (Å²) in [6.45, 7) is 11.0. The van der Waals surface area contributed by atoms with E-state index in [0.29, 0.717) is 6.04 Å². The van der Waals surface area contributed by atoms with E-state index >= 15 is 0 Å². The van der Waals surface area contributed by atoms with Crippen LogP contribution < -0.4 is 5.32 Å². The smallest absolute Gasteiger partial charge is 0.111 e. The van der Waals surface area contributed by atoms with Crippen molar-refractivity contribution in [2.24, 2.45) is 5.92 Å². The average molecular weight is 287 g/mol. The van der Waals surface area contributed by atoms with Crippen LogP contribution in [0.5, 0.6) is 0 Å². The highest BCUT2D eigenvalue weighted by atomic mass is 15.1. The zero-order valence-corrected chi connectivity index (χ0v) is 13.9. The Morgan fingerprint density at radius 2 is 1.95 bits per heavy atom. The number of fused-ring (bicyclic) bond motifs is 1. The third kappa shape index (κ3) is 3.85. The molecule has 1 aromatic carbocycles. The summed E-state index contributed by atoms with van der Waals surface area (Å²) in [5, 5.41) is 3.64. The van der Waals surface area contributed by atoms with Crippen LogP contribution in [0, 0.1) is 5.92 Å². The molecule has 2 unspecified atom stereocenters. The first-order valence-electron chi connectivity index (χ1n) is 8.37. The van der Waals surface area contributed by atoms with Crippen molar-refractivity contribution in [3.8, 4) is 0 Å². The minimum absolute atomic E-state index is 0.520. The van der Waals surface area contributed by atoms with E-state index in [2.05, 4.69) is 61.8 Å². The summed E-state index contributed by atoms with van der Waals surface area (Å²) in [7, 11) is 0. The number of aryl methyl sites for hydroxylation is 1. The second kappa shape index (κ2) is 7.60. The van der Waals surface area contributed by atoms with E-state index in [1.807, 2.05) is 0 Å². The van der Waals surface area contributed by atoms with Crippen LogP contribution in [0.3, 0.4) is 0 Å². The van der Waals surface area contributed by atoms with Crippen LogP contribution in [0.25, 0.3) is 11.0 Å². The number of hydrogen-bond acceptors (Lipinski definition) is 2.